The minimum Gasteiger partial charge on any atom is -0.318 e. The van der Waals surface area contributed by atoms with Crippen molar-refractivity contribution in [1.29, 1.82) is 0 Å². The molecule has 2 aromatic rings. The molecule has 1 fully saturated rings. The zero-order valence-electron chi connectivity index (χ0n) is 16.0. The standard InChI is InChI=1S/C21H25N3O2/c1-6-9-23-20(25)18(22-21(23)26)12-17-11-15(4)24(16(17)5)19-8-7-13(2)10-14(19)3/h7-8,10-12H,6,9H2,1-5H3,(H,22,26)/b18-12+. The second kappa shape index (κ2) is 6.83. The maximum absolute atomic E-state index is 12.4. The van der Waals surface area contributed by atoms with Crippen molar-refractivity contribution in [3.8, 4) is 5.69 Å². The molecule has 0 atom stereocenters. The Bertz CT molecular complexity index is 922. The predicted molar refractivity (Wildman–Crippen MR) is 103 cm³/mol. The van der Waals surface area contributed by atoms with Gasteiger partial charge in [-0.3, -0.25) is 9.69 Å². The lowest BCUT2D eigenvalue weighted by molar-refractivity contribution is -0.122. The van der Waals surface area contributed by atoms with Gasteiger partial charge < -0.3 is 9.88 Å². The van der Waals surface area contributed by atoms with Gasteiger partial charge in [0.25, 0.3) is 5.91 Å². The van der Waals surface area contributed by atoms with Crippen LogP contribution in [-0.4, -0.2) is 28.0 Å². The number of nitrogens with zero attached hydrogens (tertiary/aromatic N) is 2. The van der Waals surface area contributed by atoms with E-state index in [1.165, 1.54) is 16.0 Å². The number of aromatic nitrogens is 1. The molecular weight excluding hydrogens is 326 g/mol. The summed E-state index contributed by atoms with van der Waals surface area (Å²) in [6, 6.07) is 8.08. The second-order valence-electron chi connectivity index (χ2n) is 6.90. The number of rotatable bonds is 4. The average Bonchev–Trinajstić information content (AvgIpc) is 2.99. The molecule has 1 N–H and O–H groups in total. The zero-order valence-corrected chi connectivity index (χ0v) is 16.0. The van der Waals surface area contributed by atoms with E-state index in [4.69, 9.17) is 0 Å². The van der Waals surface area contributed by atoms with Crippen LogP contribution in [0.25, 0.3) is 11.8 Å². The quantitative estimate of drug-likeness (QED) is 0.668. The van der Waals surface area contributed by atoms with E-state index in [1.807, 2.05) is 26.8 Å². The number of urea groups is 1. The van der Waals surface area contributed by atoms with Crippen LogP contribution >= 0.6 is 0 Å². The van der Waals surface area contributed by atoms with Gasteiger partial charge in [0.05, 0.1) is 0 Å². The summed E-state index contributed by atoms with van der Waals surface area (Å²) >= 11 is 0. The van der Waals surface area contributed by atoms with E-state index in [0.29, 0.717) is 12.2 Å². The van der Waals surface area contributed by atoms with Gasteiger partial charge in [-0.25, -0.2) is 4.79 Å². The summed E-state index contributed by atoms with van der Waals surface area (Å²) in [5.41, 5.74) is 6.96. The highest BCUT2D eigenvalue weighted by Gasteiger charge is 2.32. The van der Waals surface area contributed by atoms with Crippen molar-refractivity contribution in [3.63, 3.8) is 0 Å². The zero-order chi connectivity index (χ0) is 19.0. The first-order chi connectivity index (χ1) is 12.3. The summed E-state index contributed by atoms with van der Waals surface area (Å²) in [7, 11) is 0. The lowest BCUT2D eigenvalue weighted by Crippen LogP contribution is -2.31. The number of amides is 3. The Kier molecular flexibility index (Phi) is 4.72. The molecule has 0 bridgehead atoms. The first kappa shape index (κ1) is 18.0. The fourth-order valence-corrected chi connectivity index (χ4v) is 3.51. The topological polar surface area (TPSA) is 54.3 Å². The van der Waals surface area contributed by atoms with Crippen molar-refractivity contribution in [1.82, 2.24) is 14.8 Å². The van der Waals surface area contributed by atoms with Crippen LogP contribution in [0.4, 0.5) is 4.79 Å². The summed E-state index contributed by atoms with van der Waals surface area (Å²) in [6.45, 7) is 10.6. The van der Waals surface area contributed by atoms with Gasteiger partial charge in [-0.2, -0.15) is 0 Å². The van der Waals surface area contributed by atoms with Crippen LogP contribution in [0, 0.1) is 27.7 Å². The lowest BCUT2D eigenvalue weighted by atomic mass is 10.1. The van der Waals surface area contributed by atoms with E-state index in [9.17, 15) is 9.59 Å². The molecule has 1 saturated heterocycles. The monoisotopic (exact) mass is 351 g/mol. The highest BCUT2D eigenvalue weighted by molar-refractivity contribution is 6.14. The molecule has 1 aromatic carbocycles. The molecule has 3 amide bonds. The average molecular weight is 351 g/mol. The fraction of sp³-hybridized carbons (Fsp3) is 0.333. The van der Waals surface area contributed by atoms with Gasteiger partial charge in [-0.05, 0) is 63.5 Å². The number of nitrogens with one attached hydrogen (secondary N) is 1. The number of benzene rings is 1. The number of carbonyl (C=O) groups is 2. The van der Waals surface area contributed by atoms with Gasteiger partial charge in [0.2, 0.25) is 0 Å². The molecular formula is C21H25N3O2. The second-order valence-corrected chi connectivity index (χ2v) is 6.90. The minimum absolute atomic E-state index is 0.256. The molecule has 3 rings (SSSR count). The van der Waals surface area contributed by atoms with Gasteiger partial charge in [0.1, 0.15) is 5.70 Å². The van der Waals surface area contributed by atoms with Crippen molar-refractivity contribution in [3.05, 3.63) is 58.0 Å². The van der Waals surface area contributed by atoms with Crippen molar-refractivity contribution in [2.75, 3.05) is 6.54 Å². The SMILES string of the molecule is CCCN1C(=O)N/C(=C/c2cc(C)n(-c3ccc(C)cc3C)c2C)C1=O. The molecule has 0 aliphatic carbocycles. The fourth-order valence-electron chi connectivity index (χ4n) is 3.51. The summed E-state index contributed by atoms with van der Waals surface area (Å²) in [6.07, 6.45) is 2.52. The van der Waals surface area contributed by atoms with Gasteiger partial charge in [-0.15, -0.1) is 0 Å². The predicted octanol–water partition coefficient (Wildman–Crippen LogP) is 4.01. The molecule has 0 radical (unpaired) electrons. The van der Waals surface area contributed by atoms with Gasteiger partial charge in [0, 0.05) is 23.6 Å². The third-order valence-corrected chi connectivity index (χ3v) is 4.77. The molecule has 2 heterocycles. The summed E-state index contributed by atoms with van der Waals surface area (Å²) in [5, 5.41) is 2.69. The van der Waals surface area contributed by atoms with Crippen LogP contribution in [0.3, 0.4) is 0 Å². The number of hydrogen-bond acceptors (Lipinski definition) is 2. The molecule has 1 aliphatic heterocycles. The van der Waals surface area contributed by atoms with Gasteiger partial charge in [0.15, 0.2) is 0 Å². The van der Waals surface area contributed by atoms with Crippen LogP contribution in [0.1, 0.15) is 41.4 Å². The maximum Gasteiger partial charge on any atom is 0.329 e. The van der Waals surface area contributed by atoms with E-state index in [-0.39, 0.29) is 11.9 Å². The third-order valence-electron chi connectivity index (χ3n) is 4.77. The number of carbonyl (C=O) groups excluding carboxylic acids is 2. The summed E-state index contributed by atoms with van der Waals surface area (Å²) in [4.78, 5) is 25.7. The first-order valence-electron chi connectivity index (χ1n) is 8.94. The number of aryl methyl sites for hydroxylation is 3. The van der Waals surface area contributed by atoms with Crippen LogP contribution in [-0.2, 0) is 4.79 Å². The van der Waals surface area contributed by atoms with Crippen molar-refractivity contribution in [2.24, 2.45) is 0 Å². The highest BCUT2D eigenvalue weighted by Crippen LogP contribution is 2.26. The Labute approximate surface area is 154 Å². The van der Waals surface area contributed by atoms with Crippen LogP contribution < -0.4 is 5.32 Å². The van der Waals surface area contributed by atoms with Crippen LogP contribution in [0.2, 0.25) is 0 Å². The van der Waals surface area contributed by atoms with Crippen LogP contribution in [0.5, 0.6) is 0 Å². The smallest absolute Gasteiger partial charge is 0.318 e. The lowest BCUT2D eigenvalue weighted by Gasteiger charge is -2.13. The molecule has 1 aliphatic rings. The Morgan fingerprint density at radius 1 is 1.08 bits per heavy atom. The maximum atomic E-state index is 12.4. The van der Waals surface area contributed by atoms with Gasteiger partial charge >= 0.3 is 6.03 Å². The molecule has 1 aromatic heterocycles. The van der Waals surface area contributed by atoms with Gasteiger partial charge in [-0.1, -0.05) is 24.6 Å². The van der Waals surface area contributed by atoms with Crippen molar-refractivity contribution < 1.29 is 9.59 Å². The largest absolute Gasteiger partial charge is 0.329 e. The number of hydrogen-bond donors (Lipinski definition) is 1. The molecule has 0 saturated carbocycles. The molecule has 0 spiro atoms. The van der Waals surface area contributed by atoms with Crippen molar-refractivity contribution >= 4 is 18.0 Å². The highest BCUT2D eigenvalue weighted by atomic mass is 16.2. The van der Waals surface area contributed by atoms with Crippen LogP contribution in [0.15, 0.2) is 30.0 Å². The van der Waals surface area contributed by atoms with E-state index in [2.05, 4.69) is 41.9 Å². The Morgan fingerprint density at radius 2 is 1.81 bits per heavy atom. The van der Waals surface area contributed by atoms with Crippen molar-refractivity contribution in [2.45, 2.75) is 41.0 Å². The summed E-state index contributed by atoms with van der Waals surface area (Å²) < 4.78 is 2.19. The van der Waals surface area contributed by atoms with E-state index < -0.39 is 0 Å². The van der Waals surface area contributed by atoms with E-state index >= 15 is 0 Å². The first-order valence-corrected chi connectivity index (χ1v) is 8.94. The molecule has 0 unspecified atom stereocenters. The molecule has 26 heavy (non-hydrogen) atoms. The Balaban J connectivity index is 2.01. The Hall–Kier alpha value is -2.82. The molecule has 5 heteroatoms. The number of imide groups is 1. The minimum atomic E-state index is -0.341. The summed E-state index contributed by atoms with van der Waals surface area (Å²) in [5.74, 6) is -0.256. The normalized spacial score (nSPS) is 15.9. The molecule has 136 valence electrons. The van der Waals surface area contributed by atoms with E-state index in [0.717, 1.165) is 29.1 Å². The molecule has 5 nitrogen and oxygen atoms in total. The third kappa shape index (κ3) is 3.05. The van der Waals surface area contributed by atoms with E-state index in [1.54, 1.807) is 6.08 Å². The Morgan fingerprint density at radius 3 is 2.46 bits per heavy atom.